The molecule has 0 spiro atoms. The molecule has 0 aliphatic rings. The van der Waals surface area contributed by atoms with Crippen molar-refractivity contribution in [2.45, 2.75) is 6.92 Å². The average molecular weight is 420 g/mol. The smallest absolute Gasteiger partial charge is 0.262 e. The molecule has 1 amide bonds. The highest BCUT2D eigenvalue weighted by atomic mass is 35.5. The number of halogens is 1. The quantitative estimate of drug-likeness (QED) is 0.467. The molecular formula is C24H18ClNO4. The van der Waals surface area contributed by atoms with E-state index in [-0.39, 0.29) is 29.5 Å². The molecule has 0 bridgehead atoms. The van der Waals surface area contributed by atoms with Crippen molar-refractivity contribution in [2.24, 2.45) is 0 Å². The van der Waals surface area contributed by atoms with Gasteiger partial charge >= 0.3 is 0 Å². The first-order valence-electron chi connectivity index (χ1n) is 9.33. The predicted molar refractivity (Wildman–Crippen MR) is 118 cm³/mol. The maximum absolute atomic E-state index is 13.1. The molecule has 0 saturated carbocycles. The van der Waals surface area contributed by atoms with Gasteiger partial charge in [0.15, 0.2) is 12.4 Å². The van der Waals surface area contributed by atoms with E-state index in [1.807, 2.05) is 25.1 Å². The minimum absolute atomic E-state index is 0.0176. The number of aryl methyl sites for hydroxylation is 1. The first-order chi connectivity index (χ1) is 14.5. The van der Waals surface area contributed by atoms with Gasteiger partial charge in [-0.15, -0.1) is 0 Å². The Labute approximate surface area is 177 Å². The summed E-state index contributed by atoms with van der Waals surface area (Å²) in [4.78, 5) is 25.5. The van der Waals surface area contributed by atoms with Gasteiger partial charge in [0, 0.05) is 16.3 Å². The van der Waals surface area contributed by atoms with Crippen LogP contribution in [0.4, 0.5) is 5.69 Å². The van der Waals surface area contributed by atoms with Crippen molar-refractivity contribution in [1.29, 1.82) is 0 Å². The van der Waals surface area contributed by atoms with Gasteiger partial charge in [0.1, 0.15) is 5.58 Å². The fraction of sp³-hybridized carbons (Fsp3) is 0.0833. The standard InChI is InChI=1S/C24H18ClNO4/c1-15-6-2-4-8-19(15)26-21(27)14-29-24-22(28)18-7-3-5-9-20(18)30-23(24)16-10-12-17(25)13-11-16/h2-13H,14H2,1H3,(H,26,27). The van der Waals surface area contributed by atoms with Crippen molar-refractivity contribution < 1.29 is 13.9 Å². The molecule has 0 radical (unpaired) electrons. The molecule has 1 N–H and O–H groups in total. The Bertz CT molecular complexity index is 1280. The molecule has 4 aromatic rings. The van der Waals surface area contributed by atoms with Crippen molar-refractivity contribution in [3.8, 4) is 17.1 Å². The van der Waals surface area contributed by atoms with E-state index in [2.05, 4.69) is 5.32 Å². The van der Waals surface area contributed by atoms with Crippen LogP contribution in [-0.4, -0.2) is 12.5 Å². The normalized spacial score (nSPS) is 10.7. The maximum Gasteiger partial charge on any atom is 0.262 e. The molecule has 3 aromatic carbocycles. The number of hydrogen-bond donors (Lipinski definition) is 1. The second kappa shape index (κ2) is 8.43. The molecular weight excluding hydrogens is 402 g/mol. The minimum atomic E-state index is -0.376. The summed E-state index contributed by atoms with van der Waals surface area (Å²) in [5, 5.41) is 3.73. The zero-order valence-electron chi connectivity index (χ0n) is 16.1. The van der Waals surface area contributed by atoms with Crippen LogP contribution in [-0.2, 0) is 4.79 Å². The minimum Gasteiger partial charge on any atom is -0.476 e. The summed E-state index contributed by atoms with van der Waals surface area (Å²) in [6.45, 7) is 1.56. The highest BCUT2D eigenvalue weighted by Gasteiger charge is 2.19. The van der Waals surface area contributed by atoms with E-state index in [0.717, 1.165) is 5.56 Å². The lowest BCUT2D eigenvalue weighted by Gasteiger charge is -2.12. The molecule has 150 valence electrons. The maximum atomic E-state index is 13.1. The van der Waals surface area contributed by atoms with E-state index in [1.165, 1.54) is 0 Å². The topological polar surface area (TPSA) is 68.5 Å². The molecule has 0 aliphatic heterocycles. The Morgan fingerprint density at radius 2 is 1.70 bits per heavy atom. The van der Waals surface area contributed by atoms with Crippen LogP contribution >= 0.6 is 11.6 Å². The van der Waals surface area contributed by atoms with Crippen LogP contribution in [0.15, 0.2) is 82.0 Å². The van der Waals surface area contributed by atoms with Crippen LogP contribution in [0, 0.1) is 6.92 Å². The monoisotopic (exact) mass is 419 g/mol. The fourth-order valence-electron chi connectivity index (χ4n) is 3.08. The SMILES string of the molecule is Cc1ccccc1NC(=O)COc1c(-c2ccc(Cl)cc2)oc2ccccc2c1=O. The van der Waals surface area contributed by atoms with Gasteiger partial charge in [-0.2, -0.15) is 0 Å². The van der Waals surface area contributed by atoms with E-state index in [1.54, 1.807) is 54.6 Å². The van der Waals surface area contributed by atoms with Gasteiger partial charge in [-0.25, -0.2) is 0 Å². The summed E-state index contributed by atoms with van der Waals surface area (Å²) in [5.74, 6) is -0.145. The van der Waals surface area contributed by atoms with E-state index in [9.17, 15) is 9.59 Å². The number of carbonyl (C=O) groups is 1. The van der Waals surface area contributed by atoms with Crippen molar-refractivity contribution in [2.75, 3.05) is 11.9 Å². The fourth-order valence-corrected chi connectivity index (χ4v) is 3.21. The Kier molecular flexibility index (Phi) is 5.55. The van der Waals surface area contributed by atoms with Crippen molar-refractivity contribution in [3.05, 3.63) is 93.6 Å². The van der Waals surface area contributed by atoms with Gasteiger partial charge in [0.25, 0.3) is 5.91 Å². The van der Waals surface area contributed by atoms with Crippen LogP contribution in [0.3, 0.4) is 0 Å². The van der Waals surface area contributed by atoms with E-state index >= 15 is 0 Å². The van der Waals surface area contributed by atoms with Crippen LogP contribution < -0.4 is 15.5 Å². The first-order valence-corrected chi connectivity index (χ1v) is 9.71. The number of amides is 1. The Hall–Kier alpha value is -3.57. The number of para-hydroxylation sites is 2. The summed E-state index contributed by atoms with van der Waals surface area (Å²) in [6, 6.07) is 21.2. The largest absolute Gasteiger partial charge is 0.476 e. The lowest BCUT2D eigenvalue weighted by atomic mass is 10.1. The summed E-state index contributed by atoms with van der Waals surface area (Å²) in [6.07, 6.45) is 0. The van der Waals surface area contributed by atoms with Gasteiger partial charge in [-0.3, -0.25) is 9.59 Å². The zero-order valence-corrected chi connectivity index (χ0v) is 16.9. The molecule has 5 nitrogen and oxygen atoms in total. The summed E-state index contributed by atoms with van der Waals surface area (Å²) in [7, 11) is 0. The lowest BCUT2D eigenvalue weighted by Crippen LogP contribution is -2.23. The summed E-state index contributed by atoms with van der Waals surface area (Å²) in [5.41, 5.74) is 2.33. The first kappa shape index (κ1) is 19.7. The highest BCUT2D eigenvalue weighted by molar-refractivity contribution is 6.30. The molecule has 0 atom stereocenters. The summed E-state index contributed by atoms with van der Waals surface area (Å²) >= 11 is 5.98. The number of fused-ring (bicyclic) bond motifs is 1. The van der Waals surface area contributed by atoms with Gasteiger partial charge in [-0.05, 0) is 55.0 Å². The van der Waals surface area contributed by atoms with Crippen molar-refractivity contribution in [1.82, 2.24) is 0 Å². The third-order valence-electron chi connectivity index (χ3n) is 4.63. The molecule has 0 aliphatic carbocycles. The van der Waals surface area contributed by atoms with Crippen LogP contribution in [0.25, 0.3) is 22.3 Å². The van der Waals surface area contributed by atoms with Gasteiger partial charge in [0.2, 0.25) is 11.2 Å². The van der Waals surface area contributed by atoms with E-state index in [0.29, 0.717) is 27.2 Å². The second-order valence-corrected chi connectivity index (χ2v) is 7.18. The van der Waals surface area contributed by atoms with Crippen LogP contribution in [0.1, 0.15) is 5.56 Å². The third-order valence-corrected chi connectivity index (χ3v) is 4.88. The number of ether oxygens (including phenoxy) is 1. The molecule has 1 aromatic heterocycles. The molecule has 4 rings (SSSR count). The molecule has 0 saturated heterocycles. The molecule has 0 unspecified atom stereocenters. The summed E-state index contributed by atoms with van der Waals surface area (Å²) < 4.78 is 11.7. The third kappa shape index (κ3) is 4.07. The number of rotatable bonds is 5. The van der Waals surface area contributed by atoms with Gasteiger partial charge in [-0.1, -0.05) is 41.9 Å². The number of carbonyl (C=O) groups excluding carboxylic acids is 1. The number of anilines is 1. The van der Waals surface area contributed by atoms with Crippen LogP contribution in [0.5, 0.6) is 5.75 Å². The number of nitrogens with one attached hydrogen (secondary N) is 1. The highest BCUT2D eigenvalue weighted by Crippen LogP contribution is 2.31. The number of hydrogen-bond acceptors (Lipinski definition) is 4. The molecule has 6 heteroatoms. The Balaban J connectivity index is 1.68. The molecule has 1 heterocycles. The van der Waals surface area contributed by atoms with Crippen molar-refractivity contribution >= 4 is 34.2 Å². The van der Waals surface area contributed by atoms with E-state index < -0.39 is 0 Å². The van der Waals surface area contributed by atoms with Gasteiger partial charge < -0.3 is 14.5 Å². The lowest BCUT2D eigenvalue weighted by molar-refractivity contribution is -0.118. The van der Waals surface area contributed by atoms with Crippen LogP contribution in [0.2, 0.25) is 5.02 Å². The predicted octanol–water partition coefficient (Wildman–Crippen LogP) is 5.44. The van der Waals surface area contributed by atoms with Crippen molar-refractivity contribution in [3.63, 3.8) is 0 Å². The molecule has 30 heavy (non-hydrogen) atoms. The molecule has 0 fully saturated rings. The Morgan fingerprint density at radius 1 is 1.00 bits per heavy atom. The van der Waals surface area contributed by atoms with E-state index in [4.69, 9.17) is 20.8 Å². The average Bonchev–Trinajstić information content (AvgIpc) is 2.75. The Morgan fingerprint density at radius 3 is 2.47 bits per heavy atom. The second-order valence-electron chi connectivity index (χ2n) is 6.74. The zero-order chi connectivity index (χ0) is 21.1. The van der Waals surface area contributed by atoms with Gasteiger partial charge in [0.05, 0.1) is 5.39 Å². The number of benzene rings is 3.